The number of carbonyl (C=O) groups excluding carboxylic acids is 2. The second kappa shape index (κ2) is 9.14. The Morgan fingerprint density at radius 2 is 1.83 bits per heavy atom. The minimum absolute atomic E-state index is 0.232. The van der Waals surface area contributed by atoms with Gasteiger partial charge >= 0.3 is 12.0 Å². The van der Waals surface area contributed by atoms with Crippen molar-refractivity contribution in [2.75, 3.05) is 20.8 Å². The summed E-state index contributed by atoms with van der Waals surface area (Å²) >= 11 is 0. The molecule has 2 aromatic rings. The molecule has 0 unspecified atom stereocenters. The fraction of sp³-hybridized carbons (Fsp3) is 0.273. The molecule has 0 saturated carbocycles. The molecule has 2 amide bonds. The monoisotopic (exact) mass is 396 g/mol. The van der Waals surface area contributed by atoms with Crippen molar-refractivity contribution in [3.63, 3.8) is 0 Å². The quantitative estimate of drug-likeness (QED) is 0.703. The molecule has 0 fully saturated rings. The van der Waals surface area contributed by atoms with Gasteiger partial charge in [0.2, 0.25) is 0 Å². The Kier molecular flexibility index (Phi) is 6.39. The normalized spacial score (nSPS) is 16.0. The van der Waals surface area contributed by atoms with Gasteiger partial charge in [0.25, 0.3) is 0 Å². The number of methoxy groups -OCH3 is 2. The first-order valence-electron chi connectivity index (χ1n) is 9.24. The van der Waals surface area contributed by atoms with Gasteiger partial charge in [0.15, 0.2) is 0 Å². The smallest absolute Gasteiger partial charge is 0.338 e. The van der Waals surface area contributed by atoms with Gasteiger partial charge in [0.1, 0.15) is 11.5 Å². The third-order valence-corrected chi connectivity index (χ3v) is 4.70. The number of nitrogens with one attached hydrogen (secondary N) is 2. The number of ether oxygens (including phenoxy) is 3. The standard InChI is InChI=1S/C22H24N2O5/c1-14-19(21(25)29-12-11-15-7-5-4-6-8-15)20(24-22(26)23-14)17-13-16(27-2)9-10-18(17)28-3/h4-10,13,20H,11-12H2,1-3H3,(H2,23,24,26)/t20-/m0/s1. The predicted molar refractivity (Wildman–Crippen MR) is 108 cm³/mol. The highest BCUT2D eigenvalue weighted by Crippen LogP contribution is 2.35. The fourth-order valence-electron chi connectivity index (χ4n) is 3.25. The number of amides is 2. The molecule has 0 aromatic heterocycles. The third-order valence-electron chi connectivity index (χ3n) is 4.70. The highest BCUT2D eigenvalue weighted by molar-refractivity contribution is 5.95. The van der Waals surface area contributed by atoms with Crippen LogP contribution in [0.4, 0.5) is 4.79 Å². The Bertz CT molecular complexity index is 924. The Hall–Kier alpha value is -3.48. The van der Waals surface area contributed by atoms with Crippen LogP contribution in [0, 0.1) is 0 Å². The number of allylic oxidation sites excluding steroid dienone is 1. The fourth-order valence-corrected chi connectivity index (χ4v) is 3.25. The van der Waals surface area contributed by atoms with Crippen molar-refractivity contribution in [1.82, 2.24) is 10.6 Å². The number of esters is 1. The van der Waals surface area contributed by atoms with Crippen molar-refractivity contribution in [1.29, 1.82) is 0 Å². The zero-order valence-electron chi connectivity index (χ0n) is 16.7. The first kappa shape index (κ1) is 20.3. The number of urea groups is 1. The van der Waals surface area contributed by atoms with Crippen LogP contribution in [-0.4, -0.2) is 32.8 Å². The highest BCUT2D eigenvalue weighted by Gasteiger charge is 2.34. The van der Waals surface area contributed by atoms with E-state index in [2.05, 4.69) is 10.6 Å². The molecule has 0 radical (unpaired) electrons. The Balaban J connectivity index is 1.85. The van der Waals surface area contributed by atoms with E-state index in [1.807, 2.05) is 30.3 Å². The van der Waals surface area contributed by atoms with Gasteiger partial charge < -0.3 is 24.8 Å². The molecule has 7 nitrogen and oxygen atoms in total. The van der Waals surface area contributed by atoms with E-state index in [-0.39, 0.29) is 6.61 Å². The largest absolute Gasteiger partial charge is 0.497 e. The second-order valence-corrected chi connectivity index (χ2v) is 6.55. The van der Waals surface area contributed by atoms with Crippen molar-refractivity contribution >= 4 is 12.0 Å². The Labute approximate surface area is 169 Å². The molecule has 0 spiro atoms. The third kappa shape index (κ3) is 4.68. The Morgan fingerprint density at radius 1 is 1.07 bits per heavy atom. The van der Waals surface area contributed by atoms with E-state index in [1.165, 1.54) is 7.11 Å². The van der Waals surface area contributed by atoms with E-state index in [0.717, 1.165) is 5.56 Å². The van der Waals surface area contributed by atoms with E-state index in [4.69, 9.17) is 14.2 Å². The molecule has 3 rings (SSSR count). The van der Waals surface area contributed by atoms with E-state index in [1.54, 1.807) is 32.2 Å². The van der Waals surface area contributed by atoms with Gasteiger partial charge in [0.05, 0.1) is 32.4 Å². The lowest BCUT2D eigenvalue weighted by Crippen LogP contribution is -2.45. The van der Waals surface area contributed by atoms with Gasteiger partial charge in [-0.25, -0.2) is 9.59 Å². The first-order valence-corrected chi connectivity index (χ1v) is 9.24. The molecule has 2 aromatic carbocycles. The molecular formula is C22H24N2O5. The zero-order valence-corrected chi connectivity index (χ0v) is 16.7. The summed E-state index contributed by atoms with van der Waals surface area (Å²) in [4.78, 5) is 25.0. The molecule has 1 aliphatic rings. The van der Waals surface area contributed by atoms with Gasteiger partial charge in [-0.3, -0.25) is 0 Å². The summed E-state index contributed by atoms with van der Waals surface area (Å²) in [6.45, 7) is 1.90. The summed E-state index contributed by atoms with van der Waals surface area (Å²) in [7, 11) is 3.08. The molecule has 1 aliphatic heterocycles. The van der Waals surface area contributed by atoms with Crippen molar-refractivity contribution in [2.45, 2.75) is 19.4 Å². The second-order valence-electron chi connectivity index (χ2n) is 6.55. The van der Waals surface area contributed by atoms with Gasteiger partial charge in [-0.1, -0.05) is 30.3 Å². The molecule has 0 saturated heterocycles. The maximum Gasteiger partial charge on any atom is 0.338 e. The summed E-state index contributed by atoms with van der Waals surface area (Å²) in [6.07, 6.45) is 0.603. The molecule has 0 bridgehead atoms. The van der Waals surface area contributed by atoms with E-state index < -0.39 is 18.0 Å². The van der Waals surface area contributed by atoms with E-state index >= 15 is 0 Å². The summed E-state index contributed by atoms with van der Waals surface area (Å²) in [6, 6.07) is 13.9. The summed E-state index contributed by atoms with van der Waals surface area (Å²) < 4.78 is 16.2. The van der Waals surface area contributed by atoms with Crippen molar-refractivity contribution < 1.29 is 23.8 Å². The maximum atomic E-state index is 12.9. The van der Waals surface area contributed by atoms with Gasteiger partial charge in [-0.2, -0.15) is 0 Å². The van der Waals surface area contributed by atoms with Crippen molar-refractivity contribution in [3.8, 4) is 11.5 Å². The SMILES string of the molecule is COc1ccc(OC)c([C@@H]2NC(=O)NC(C)=C2C(=O)OCCc2ccccc2)c1. The van der Waals surface area contributed by atoms with Crippen LogP contribution in [0.2, 0.25) is 0 Å². The lowest BCUT2D eigenvalue weighted by molar-refractivity contribution is -0.139. The molecule has 0 aliphatic carbocycles. The van der Waals surface area contributed by atoms with Crippen LogP contribution in [0.5, 0.6) is 11.5 Å². The zero-order chi connectivity index (χ0) is 20.8. The van der Waals surface area contributed by atoms with Crippen LogP contribution < -0.4 is 20.1 Å². The number of rotatable bonds is 7. The lowest BCUT2D eigenvalue weighted by atomic mass is 9.94. The van der Waals surface area contributed by atoms with Gasteiger partial charge in [0, 0.05) is 17.7 Å². The maximum absolute atomic E-state index is 12.9. The minimum atomic E-state index is -0.724. The summed E-state index contributed by atoms with van der Waals surface area (Å²) in [5, 5.41) is 5.42. The predicted octanol–water partition coefficient (Wildman–Crippen LogP) is 3.12. The van der Waals surface area contributed by atoms with Crippen LogP contribution in [0.15, 0.2) is 59.8 Å². The van der Waals surface area contributed by atoms with Crippen molar-refractivity contribution in [3.05, 3.63) is 70.9 Å². The topological polar surface area (TPSA) is 85.9 Å². The molecule has 152 valence electrons. The van der Waals surface area contributed by atoms with Crippen LogP contribution in [0.3, 0.4) is 0 Å². The van der Waals surface area contributed by atoms with Crippen LogP contribution in [-0.2, 0) is 16.0 Å². The summed E-state index contributed by atoms with van der Waals surface area (Å²) in [5.74, 6) is 0.615. The van der Waals surface area contributed by atoms with Crippen molar-refractivity contribution in [2.24, 2.45) is 0 Å². The average molecular weight is 396 g/mol. The minimum Gasteiger partial charge on any atom is -0.497 e. The molecule has 1 atom stereocenters. The first-order chi connectivity index (χ1) is 14.0. The average Bonchev–Trinajstić information content (AvgIpc) is 2.73. The number of hydrogen-bond donors (Lipinski definition) is 2. The lowest BCUT2D eigenvalue weighted by Gasteiger charge is -2.29. The van der Waals surface area contributed by atoms with E-state index in [9.17, 15) is 9.59 Å². The van der Waals surface area contributed by atoms with Crippen LogP contribution in [0.1, 0.15) is 24.1 Å². The van der Waals surface area contributed by atoms with Gasteiger partial charge in [-0.05, 0) is 30.7 Å². The van der Waals surface area contributed by atoms with Gasteiger partial charge in [-0.15, -0.1) is 0 Å². The molecule has 7 heteroatoms. The highest BCUT2D eigenvalue weighted by atomic mass is 16.5. The Morgan fingerprint density at radius 3 is 2.52 bits per heavy atom. The number of hydrogen-bond acceptors (Lipinski definition) is 5. The molecule has 2 N–H and O–H groups in total. The number of carbonyl (C=O) groups is 2. The van der Waals surface area contributed by atoms with E-state index in [0.29, 0.717) is 34.8 Å². The molecule has 1 heterocycles. The molecule has 29 heavy (non-hydrogen) atoms. The summed E-state index contributed by atoms with van der Waals surface area (Å²) in [5.41, 5.74) is 2.45. The van der Waals surface area contributed by atoms with Crippen LogP contribution in [0.25, 0.3) is 0 Å². The number of benzene rings is 2. The molecular weight excluding hydrogens is 372 g/mol. The van der Waals surface area contributed by atoms with Crippen LogP contribution >= 0.6 is 0 Å².